The molecule has 2 heterocycles. The SMILES string of the molecule is CC(CNC(=O)c1ccc(N2CCC(C3CCNCC3)CC2)cc1)C(=O)O. The fraction of sp³-hybridized carbons (Fsp3) is 0.619. The number of aliphatic carboxylic acids is 1. The van der Waals surface area contributed by atoms with Gasteiger partial charge >= 0.3 is 5.97 Å². The first-order chi connectivity index (χ1) is 13.0. The van der Waals surface area contributed by atoms with Gasteiger partial charge in [-0.1, -0.05) is 6.92 Å². The summed E-state index contributed by atoms with van der Waals surface area (Å²) >= 11 is 0. The van der Waals surface area contributed by atoms with E-state index < -0.39 is 11.9 Å². The van der Waals surface area contributed by atoms with E-state index in [9.17, 15) is 9.59 Å². The van der Waals surface area contributed by atoms with Crippen LogP contribution in [0.4, 0.5) is 5.69 Å². The summed E-state index contributed by atoms with van der Waals surface area (Å²) in [6, 6.07) is 7.66. The molecule has 0 aromatic heterocycles. The van der Waals surface area contributed by atoms with E-state index in [0.717, 1.165) is 30.6 Å². The third-order valence-corrected chi connectivity index (χ3v) is 6.08. The number of hydrogen-bond acceptors (Lipinski definition) is 4. The van der Waals surface area contributed by atoms with Crippen LogP contribution in [0.1, 0.15) is 43.0 Å². The molecule has 3 N–H and O–H groups in total. The quantitative estimate of drug-likeness (QED) is 0.713. The monoisotopic (exact) mass is 373 g/mol. The van der Waals surface area contributed by atoms with E-state index in [4.69, 9.17) is 5.11 Å². The summed E-state index contributed by atoms with van der Waals surface area (Å²) in [7, 11) is 0. The van der Waals surface area contributed by atoms with Gasteiger partial charge in [0.05, 0.1) is 5.92 Å². The van der Waals surface area contributed by atoms with Crippen molar-refractivity contribution in [3.8, 4) is 0 Å². The zero-order chi connectivity index (χ0) is 19.2. The van der Waals surface area contributed by atoms with E-state index in [1.165, 1.54) is 38.8 Å². The molecule has 6 nitrogen and oxygen atoms in total. The lowest BCUT2D eigenvalue weighted by Gasteiger charge is -2.38. The summed E-state index contributed by atoms with van der Waals surface area (Å²) < 4.78 is 0. The highest BCUT2D eigenvalue weighted by Gasteiger charge is 2.27. The third kappa shape index (κ3) is 5.22. The summed E-state index contributed by atoms with van der Waals surface area (Å²) in [5.74, 6) is 0.0181. The van der Waals surface area contributed by atoms with E-state index in [1.807, 2.05) is 24.3 Å². The highest BCUT2D eigenvalue weighted by atomic mass is 16.4. The van der Waals surface area contributed by atoms with Crippen LogP contribution in [0.5, 0.6) is 0 Å². The molecule has 0 saturated carbocycles. The zero-order valence-corrected chi connectivity index (χ0v) is 16.1. The number of anilines is 1. The third-order valence-electron chi connectivity index (χ3n) is 6.08. The molecule has 148 valence electrons. The zero-order valence-electron chi connectivity index (χ0n) is 16.1. The van der Waals surface area contributed by atoms with Crippen LogP contribution in [0.3, 0.4) is 0 Å². The number of carbonyl (C=O) groups is 2. The van der Waals surface area contributed by atoms with Crippen molar-refractivity contribution < 1.29 is 14.7 Å². The molecule has 2 aliphatic heterocycles. The van der Waals surface area contributed by atoms with Crippen LogP contribution in [0.2, 0.25) is 0 Å². The van der Waals surface area contributed by atoms with Crippen molar-refractivity contribution >= 4 is 17.6 Å². The van der Waals surface area contributed by atoms with Crippen LogP contribution in [0, 0.1) is 17.8 Å². The fourth-order valence-corrected chi connectivity index (χ4v) is 4.20. The number of amides is 1. The van der Waals surface area contributed by atoms with Crippen LogP contribution >= 0.6 is 0 Å². The number of nitrogens with one attached hydrogen (secondary N) is 2. The average Bonchev–Trinajstić information content (AvgIpc) is 2.72. The fourth-order valence-electron chi connectivity index (χ4n) is 4.20. The van der Waals surface area contributed by atoms with Crippen molar-refractivity contribution in [2.75, 3.05) is 37.6 Å². The number of benzene rings is 1. The van der Waals surface area contributed by atoms with E-state index in [-0.39, 0.29) is 12.5 Å². The number of rotatable bonds is 6. The second-order valence-corrected chi connectivity index (χ2v) is 7.91. The summed E-state index contributed by atoms with van der Waals surface area (Å²) in [4.78, 5) is 25.4. The van der Waals surface area contributed by atoms with E-state index in [1.54, 1.807) is 6.92 Å². The van der Waals surface area contributed by atoms with Gasteiger partial charge in [-0.05, 0) is 74.9 Å². The van der Waals surface area contributed by atoms with Gasteiger partial charge in [0.2, 0.25) is 0 Å². The molecule has 1 aromatic rings. The minimum Gasteiger partial charge on any atom is -0.481 e. The van der Waals surface area contributed by atoms with Crippen LogP contribution in [-0.4, -0.2) is 49.7 Å². The van der Waals surface area contributed by atoms with Crippen LogP contribution in [0.15, 0.2) is 24.3 Å². The van der Waals surface area contributed by atoms with Crippen molar-refractivity contribution in [3.05, 3.63) is 29.8 Å². The molecule has 1 aromatic carbocycles. The Bertz CT molecular complexity index is 633. The number of carbonyl (C=O) groups excluding carboxylic acids is 1. The normalized spacial score (nSPS) is 20.3. The lowest BCUT2D eigenvalue weighted by Crippen LogP contribution is -2.39. The molecule has 1 unspecified atom stereocenters. The molecule has 0 aliphatic carbocycles. The number of carboxylic acids is 1. The molecule has 0 bridgehead atoms. The first-order valence-electron chi connectivity index (χ1n) is 10.1. The van der Waals surface area contributed by atoms with Gasteiger partial charge in [0.15, 0.2) is 0 Å². The first kappa shape index (κ1) is 19.7. The number of nitrogens with zero attached hydrogens (tertiary/aromatic N) is 1. The number of piperidine rings is 2. The largest absolute Gasteiger partial charge is 0.481 e. The maximum absolute atomic E-state index is 12.2. The molecule has 0 spiro atoms. The van der Waals surface area contributed by atoms with Gasteiger partial charge in [0.1, 0.15) is 0 Å². The molecule has 1 atom stereocenters. The smallest absolute Gasteiger partial charge is 0.308 e. The standard InChI is InChI=1S/C21H31N3O3/c1-15(21(26)27)14-23-20(25)18-2-4-19(5-3-18)24-12-8-17(9-13-24)16-6-10-22-11-7-16/h2-5,15-17,22H,6-14H2,1H3,(H,23,25)(H,26,27). The van der Waals surface area contributed by atoms with Gasteiger partial charge in [-0.15, -0.1) is 0 Å². The molecule has 2 saturated heterocycles. The highest BCUT2D eigenvalue weighted by molar-refractivity contribution is 5.94. The van der Waals surface area contributed by atoms with Gasteiger partial charge < -0.3 is 20.6 Å². The number of hydrogen-bond donors (Lipinski definition) is 3. The van der Waals surface area contributed by atoms with Crippen LogP contribution in [-0.2, 0) is 4.79 Å². The Hall–Kier alpha value is -2.08. The van der Waals surface area contributed by atoms with Crippen molar-refractivity contribution in [2.45, 2.75) is 32.6 Å². The summed E-state index contributed by atoms with van der Waals surface area (Å²) in [6.45, 7) is 6.21. The minimum atomic E-state index is -0.904. The predicted octanol–water partition coefficient (Wildman–Crippen LogP) is 2.35. The molecule has 0 radical (unpaired) electrons. The van der Waals surface area contributed by atoms with E-state index >= 15 is 0 Å². The minimum absolute atomic E-state index is 0.139. The van der Waals surface area contributed by atoms with Crippen molar-refractivity contribution in [3.63, 3.8) is 0 Å². The second-order valence-electron chi connectivity index (χ2n) is 7.91. The highest BCUT2D eigenvalue weighted by Crippen LogP contribution is 2.32. The molecule has 6 heteroatoms. The van der Waals surface area contributed by atoms with Crippen molar-refractivity contribution in [1.82, 2.24) is 10.6 Å². The molecular weight excluding hydrogens is 342 g/mol. The lowest BCUT2D eigenvalue weighted by molar-refractivity contribution is -0.140. The van der Waals surface area contributed by atoms with E-state index in [2.05, 4.69) is 15.5 Å². The average molecular weight is 373 g/mol. The Morgan fingerprint density at radius 2 is 1.70 bits per heavy atom. The molecule has 3 rings (SSSR count). The molecule has 1 amide bonds. The lowest BCUT2D eigenvalue weighted by atomic mass is 9.79. The molecule has 2 fully saturated rings. The summed E-state index contributed by atoms with van der Waals surface area (Å²) in [6.07, 6.45) is 5.13. The second kappa shape index (κ2) is 9.22. The summed E-state index contributed by atoms with van der Waals surface area (Å²) in [5, 5.41) is 15.0. The molecule has 2 aliphatic rings. The van der Waals surface area contributed by atoms with Gasteiger partial charge in [0.25, 0.3) is 5.91 Å². The Morgan fingerprint density at radius 3 is 2.30 bits per heavy atom. The van der Waals surface area contributed by atoms with Gasteiger partial charge in [-0.2, -0.15) is 0 Å². The predicted molar refractivity (Wildman–Crippen MR) is 106 cm³/mol. The van der Waals surface area contributed by atoms with Crippen molar-refractivity contribution in [1.29, 1.82) is 0 Å². The van der Waals surface area contributed by atoms with Crippen LogP contribution < -0.4 is 15.5 Å². The Balaban J connectivity index is 1.49. The summed E-state index contributed by atoms with van der Waals surface area (Å²) in [5.41, 5.74) is 1.73. The van der Waals surface area contributed by atoms with Gasteiger partial charge in [-0.3, -0.25) is 9.59 Å². The molecule has 27 heavy (non-hydrogen) atoms. The van der Waals surface area contributed by atoms with Gasteiger partial charge in [-0.25, -0.2) is 0 Å². The maximum atomic E-state index is 12.2. The number of carboxylic acid groups (broad SMARTS) is 1. The van der Waals surface area contributed by atoms with E-state index in [0.29, 0.717) is 5.56 Å². The Kier molecular flexibility index (Phi) is 6.72. The topological polar surface area (TPSA) is 81.7 Å². The van der Waals surface area contributed by atoms with Gasteiger partial charge in [0, 0.05) is 30.9 Å². The Labute approximate surface area is 161 Å². The first-order valence-corrected chi connectivity index (χ1v) is 10.1. The Morgan fingerprint density at radius 1 is 1.11 bits per heavy atom. The maximum Gasteiger partial charge on any atom is 0.308 e. The molecular formula is C21H31N3O3. The van der Waals surface area contributed by atoms with Crippen LogP contribution in [0.25, 0.3) is 0 Å². The van der Waals surface area contributed by atoms with Crippen molar-refractivity contribution in [2.24, 2.45) is 17.8 Å².